The number of H-pyrrole nitrogens is 1. The van der Waals surface area contributed by atoms with E-state index in [1.165, 1.54) is 0 Å². The molecule has 20 heavy (non-hydrogen) atoms. The zero-order valence-corrected chi connectivity index (χ0v) is 11.7. The number of nitrogens with two attached hydrogens (primary N) is 1. The number of hydrogen-bond donors (Lipinski definition) is 2. The van der Waals surface area contributed by atoms with Crippen LogP contribution in [0, 0.1) is 0 Å². The highest BCUT2D eigenvalue weighted by atomic mass is 16.5. The number of likely N-dealkylation sites (tertiary alicyclic amines) is 1. The van der Waals surface area contributed by atoms with Gasteiger partial charge in [0.05, 0.1) is 5.69 Å². The molecule has 0 saturated carbocycles. The van der Waals surface area contributed by atoms with Crippen LogP contribution >= 0.6 is 0 Å². The van der Waals surface area contributed by atoms with E-state index in [0.29, 0.717) is 11.9 Å². The Morgan fingerprint density at radius 2 is 1.95 bits per heavy atom. The maximum Gasteiger partial charge on any atom is 0.145 e. The highest BCUT2D eigenvalue weighted by Gasteiger charge is 2.17. The van der Waals surface area contributed by atoms with Gasteiger partial charge in [-0.15, -0.1) is 0 Å². The predicted molar refractivity (Wildman–Crippen MR) is 79.6 cm³/mol. The van der Waals surface area contributed by atoms with Gasteiger partial charge in [-0.3, -0.25) is 5.10 Å². The molecule has 106 valence electrons. The molecule has 2 heterocycles. The van der Waals surface area contributed by atoms with Gasteiger partial charge >= 0.3 is 0 Å². The number of hydrogen-bond acceptors (Lipinski definition) is 4. The summed E-state index contributed by atoms with van der Waals surface area (Å²) < 4.78 is 6.02. The molecule has 1 aromatic heterocycles. The Balaban J connectivity index is 1.64. The number of nitrogens with zero attached hydrogens (tertiary/aromatic N) is 2. The quantitative estimate of drug-likeness (QED) is 0.898. The highest BCUT2D eigenvalue weighted by Crippen LogP contribution is 2.24. The number of ether oxygens (including phenoxy) is 1. The van der Waals surface area contributed by atoms with E-state index in [-0.39, 0.29) is 0 Å². The van der Waals surface area contributed by atoms with Crippen molar-refractivity contribution in [2.75, 3.05) is 25.9 Å². The van der Waals surface area contributed by atoms with Crippen molar-refractivity contribution in [2.24, 2.45) is 0 Å². The number of nitrogen functional groups attached to an aromatic ring is 1. The molecule has 3 N–H and O–H groups in total. The standard InChI is InChI=1S/C15H20N4O/c1-19-8-6-13(7-9-19)20-12-4-2-11(3-5-12)14-10-15(16)18-17-14/h2-5,10,13H,6-9H2,1H3,(H3,16,17,18). The lowest BCUT2D eigenvalue weighted by Gasteiger charge is -2.29. The molecule has 1 fully saturated rings. The summed E-state index contributed by atoms with van der Waals surface area (Å²) in [7, 11) is 2.15. The Bertz CT molecular complexity index is 556. The molecule has 5 nitrogen and oxygen atoms in total. The summed E-state index contributed by atoms with van der Waals surface area (Å²) in [5.74, 6) is 1.43. The third kappa shape index (κ3) is 2.93. The lowest BCUT2D eigenvalue weighted by atomic mass is 10.1. The Hall–Kier alpha value is -2.01. The average Bonchev–Trinajstić information content (AvgIpc) is 2.89. The summed E-state index contributed by atoms with van der Waals surface area (Å²) >= 11 is 0. The van der Waals surface area contributed by atoms with Crippen molar-refractivity contribution < 1.29 is 4.74 Å². The van der Waals surface area contributed by atoms with Crippen molar-refractivity contribution in [1.82, 2.24) is 15.1 Å². The Morgan fingerprint density at radius 1 is 1.25 bits per heavy atom. The summed E-state index contributed by atoms with van der Waals surface area (Å²) in [5, 5.41) is 6.84. The first kappa shape index (κ1) is 13.0. The maximum absolute atomic E-state index is 6.02. The van der Waals surface area contributed by atoms with Gasteiger partial charge < -0.3 is 15.4 Å². The Morgan fingerprint density at radius 3 is 2.55 bits per heavy atom. The number of anilines is 1. The van der Waals surface area contributed by atoms with Crippen molar-refractivity contribution >= 4 is 5.82 Å². The lowest BCUT2D eigenvalue weighted by molar-refractivity contribution is 0.114. The highest BCUT2D eigenvalue weighted by molar-refractivity contribution is 5.62. The molecule has 0 spiro atoms. The fourth-order valence-electron chi connectivity index (χ4n) is 2.49. The Kier molecular flexibility index (Phi) is 3.60. The SMILES string of the molecule is CN1CCC(Oc2ccc(-c3cc(N)n[nH]3)cc2)CC1. The fraction of sp³-hybridized carbons (Fsp3) is 0.400. The van der Waals surface area contributed by atoms with Crippen LogP contribution in [0.25, 0.3) is 11.3 Å². The molecule has 0 atom stereocenters. The molecule has 3 rings (SSSR count). The molecule has 1 aliphatic rings. The van der Waals surface area contributed by atoms with Crippen LogP contribution in [-0.4, -0.2) is 41.3 Å². The van der Waals surface area contributed by atoms with E-state index in [4.69, 9.17) is 10.5 Å². The predicted octanol–water partition coefficient (Wildman–Crippen LogP) is 2.13. The molecule has 2 aromatic rings. The maximum atomic E-state index is 6.02. The van der Waals surface area contributed by atoms with Crippen LogP contribution in [0.15, 0.2) is 30.3 Å². The summed E-state index contributed by atoms with van der Waals surface area (Å²) in [5.41, 5.74) is 7.59. The zero-order valence-electron chi connectivity index (χ0n) is 11.7. The summed E-state index contributed by atoms with van der Waals surface area (Å²) in [4.78, 5) is 2.34. The third-order valence-corrected chi connectivity index (χ3v) is 3.73. The third-order valence-electron chi connectivity index (χ3n) is 3.73. The fourth-order valence-corrected chi connectivity index (χ4v) is 2.49. The molecule has 0 radical (unpaired) electrons. The normalized spacial score (nSPS) is 17.2. The van der Waals surface area contributed by atoms with Gasteiger partial charge in [0, 0.05) is 19.2 Å². The minimum atomic E-state index is 0.333. The summed E-state index contributed by atoms with van der Waals surface area (Å²) in [6.07, 6.45) is 2.52. The molecule has 1 saturated heterocycles. The van der Waals surface area contributed by atoms with Crippen molar-refractivity contribution in [1.29, 1.82) is 0 Å². The minimum Gasteiger partial charge on any atom is -0.490 e. The number of piperidine rings is 1. The largest absolute Gasteiger partial charge is 0.490 e. The van der Waals surface area contributed by atoms with Crippen LogP contribution in [0.2, 0.25) is 0 Å². The van der Waals surface area contributed by atoms with Crippen LogP contribution in [-0.2, 0) is 0 Å². The molecule has 0 bridgehead atoms. The summed E-state index contributed by atoms with van der Waals surface area (Å²) in [6.45, 7) is 2.21. The number of rotatable bonds is 3. The van der Waals surface area contributed by atoms with E-state index in [1.807, 2.05) is 30.3 Å². The van der Waals surface area contributed by atoms with Crippen molar-refractivity contribution in [3.8, 4) is 17.0 Å². The van der Waals surface area contributed by atoms with Gasteiger partial charge in [-0.1, -0.05) is 0 Å². The summed E-state index contributed by atoms with van der Waals surface area (Å²) in [6, 6.07) is 9.89. The number of nitrogens with one attached hydrogen (secondary N) is 1. The average molecular weight is 272 g/mol. The smallest absolute Gasteiger partial charge is 0.145 e. The minimum absolute atomic E-state index is 0.333. The molecule has 5 heteroatoms. The van der Waals surface area contributed by atoms with Gasteiger partial charge in [0.25, 0.3) is 0 Å². The topological polar surface area (TPSA) is 67.2 Å². The van der Waals surface area contributed by atoms with E-state index >= 15 is 0 Å². The van der Waals surface area contributed by atoms with Gasteiger partial charge in [-0.05, 0) is 49.7 Å². The van der Waals surface area contributed by atoms with E-state index in [2.05, 4.69) is 22.1 Å². The number of aromatic amines is 1. The van der Waals surface area contributed by atoms with E-state index in [1.54, 1.807) is 0 Å². The molecule has 0 amide bonds. The van der Waals surface area contributed by atoms with Gasteiger partial charge in [0.1, 0.15) is 17.7 Å². The molecule has 0 aliphatic carbocycles. The number of benzene rings is 1. The van der Waals surface area contributed by atoms with Crippen LogP contribution in [0.5, 0.6) is 5.75 Å². The van der Waals surface area contributed by atoms with Gasteiger partial charge in [0.2, 0.25) is 0 Å². The molecule has 0 unspecified atom stereocenters. The monoisotopic (exact) mass is 272 g/mol. The van der Waals surface area contributed by atoms with Gasteiger partial charge in [-0.25, -0.2) is 0 Å². The van der Waals surface area contributed by atoms with E-state index in [0.717, 1.165) is 42.9 Å². The zero-order chi connectivity index (χ0) is 13.9. The molecular formula is C15H20N4O. The van der Waals surface area contributed by atoms with Crippen molar-refractivity contribution in [2.45, 2.75) is 18.9 Å². The van der Waals surface area contributed by atoms with Crippen molar-refractivity contribution in [3.63, 3.8) is 0 Å². The first-order valence-electron chi connectivity index (χ1n) is 6.97. The second-order valence-corrected chi connectivity index (χ2v) is 5.35. The van der Waals surface area contributed by atoms with Crippen LogP contribution in [0.3, 0.4) is 0 Å². The molecule has 1 aromatic carbocycles. The van der Waals surface area contributed by atoms with Crippen LogP contribution in [0.1, 0.15) is 12.8 Å². The molecular weight excluding hydrogens is 252 g/mol. The van der Waals surface area contributed by atoms with E-state index in [9.17, 15) is 0 Å². The van der Waals surface area contributed by atoms with Crippen molar-refractivity contribution in [3.05, 3.63) is 30.3 Å². The van der Waals surface area contributed by atoms with Gasteiger partial charge in [0.15, 0.2) is 0 Å². The lowest BCUT2D eigenvalue weighted by Crippen LogP contribution is -2.35. The first-order valence-corrected chi connectivity index (χ1v) is 6.97. The van der Waals surface area contributed by atoms with Gasteiger partial charge in [-0.2, -0.15) is 5.10 Å². The van der Waals surface area contributed by atoms with Crippen LogP contribution in [0.4, 0.5) is 5.82 Å². The van der Waals surface area contributed by atoms with E-state index < -0.39 is 0 Å². The second-order valence-electron chi connectivity index (χ2n) is 5.35. The number of aromatic nitrogens is 2. The molecule has 1 aliphatic heterocycles. The first-order chi connectivity index (χ1) is 9.70. The second kappa shape index (κ2) is 5.54. The Labute approximate surface area is 118 Å². The van der Waals surface area contributed by atoms with Crippen LogP contribution < -0.4 is 10.5 Å².